The van der Waals surface area contributed by atoms with Crippen molar-refractivity contribution < 1.29 is 9.53 Å². The third-order valence-corrected chi connectivity index (χ3v) is 4.82. The number of aromatic nitrogens is 3. The first-order valence-corrected chi connectivity index (χ1v) is 8.30. The van der Waals surface area contributed by atoms with E-state index in [4.69, 9.17) is 4.74 Å². The number of anilines is 1. The molecule has 4 rings (SSSR count). The molecule has 0 spiro atoms. The summed E-state index contributed by atoms with van der Waals surface area (Å²) < 4.78 is 5.37. The molecule has 3 aromatic heterocycles. The summed E-state index contributed by atoms with van der Waals surface area (Å²) in [5.74, 6) is -0.481. The predicted molar refractivity (Wildman–Crippen MR) is 90.5 cm³/mol. The van der Waals surface area contributed by atoms with Crippen LogP contribution in [0.4, 0.5) is 5.13 Å². The highest BCUT2D eigenvalue weighted by Gasteiger charge is 2.19. The lowest BCUT2D eigenvalue weighted by Gasteiger charge is -2.08. The molecule has 0 bridgehead atoms. The Balaban J connectivity index is 1.66. The molecule has 0 aliphatic carbocycles. The average molecular weight is 342 g/mol. The Morgan fingerprint density at radius 3 is 3.08 bits per heavy atom. The van der Waals surface area contributed by atoms with Crippen LogP contribution in [0.25, 0.3) is 11.0 Å². The van der Waals surface area contributed by atoms with Gasteiger partial charge in [-0.15, -0.1) is 0 Å². The molecular weight excluding hydrogens is 328 g/mol. The maximum Gasteiger partial charge on any atom is 0.262 e. The lowest BCUT2D eigenvalue weighted by Crippen LogP contribution is -2.22. The largest absolute Gasteiger partial charge is 0.375 e. The molecule has 3 aromatic rings. The van der Waals surface area contributed by atoms with Crippen molar-refractivity contribution >= 4 is 33.4 Å². The molecule has 0 radical (unpaired) electrons. The molecule has 0 fully saturated rings. The predicted octanol–water partition coefficient (Wildman–Crippen LogP) is 2.01. The summed E-state index contributed by atoms with van der Waals surface area (Å²) in [6.07, 6.45) is 2.13. The molecule has 24 heavy (non-hydrogen) atoms. The van der Waals surface area contributed by atoms with Crippen LogP contribution in [0.2, 0.25) is 0 Å². The second-order valence-electron chi connectivity index (χ2n) is 5.53. The summed E-state index contributed by atoms with van der Waals surface area (Å²) in [5, 5.41) is 3.58. The van der Waals surface area contributed by atoms with E-state index in [2.05, 4.69) is 20.3 Å². The van der Waals surface area contributed by atoms with Gasteiger partial charge in [-0.1, -0.05) is 11.3 Å². The first-order valence-electron chi connectivity index (χ1n) is 7.48. The Morgan fingerprint density at radius 2 is 2.25 bits per heavy atom. The molecule has 122 valence electrons. The third-order valence-electron chi connectivity index (χ3n) is 3.84. The lowest BCUT2D eigenvalue weighted by molar-refractivity contribution is 0.102. The van der Waals surface area contributed by atoms with Gasteiger partial charge in [-0.3, -0.25) is 14.9 Å². The Hall–Kier alpha value is -2.58. The highest BCUT2D eigenvalue weighted by atomic mass is 32.1. The van der Waals surface area contributed by atoms with Crippen molar-refractivity contribution in [2.24, 2.45) is 0 Å². The average Bonchev–Trinajstić information content (AvgIpc) is 2.97. The fourth-order valence-electron chi connectivity index (χ4n) is 2.61. The molecule has 0 atom stereocenters. The maximum atomic E-state index is 12.5. The number of aromatic amines is 1. The van der Waals surface area contributed by atoms with E-state index in [0.717, 1.165) is 22.7 Å². The van der Waals surface area contributed by atoms with Crippen LogP contribution in [0.5, 0.6) is 0 Å². The fourth-order valence-corrected chi connectivity index (χ4v) is 3.55. The van der Waals surface area contributed by atoms with E-state index in [1.807, 2.05) is 6.92 Å². The van der Waals surface area contributed by atoms with Crippen molar-refractivity contribution in [1.82, 2.24) is 15.0 Å². The van der Waals surface area contributed by atoms with Crippen LogP contribution in [-0.4, -0.2) is 27.5 Å². The molecule has 7 nitrogen and oxygen atoms in total. The van der Waals surface area contributed by atoms with Gasteiger partial charge < -0.3 is 9.72 Å². The Kier molecular flexibility index (Phi) is 3.62. The van der Waals surface area contributed by atoms with Crippen LogP contribution in [0.1, 0.15) is 26.6 Å². The van der Waals surface area contributed by atoms with E-state index < -0.39 is 5.91 Å². The van der Waals surface area contributed by atoms with Gasteiger partial charge in [0, 0.05) is 18.3 Å². The SMILES string of the molecule is Cc1ccc2c(=O)c(C(=O)Nc3nc4c(s3)COCC4)c[nH]c2n1. The summed E-state index contributed by atoms with van der Waals surface area (Å²) in [6.45, 7) is 3.00. The van der Waals surface area contributed by atoms with Gasteiger partial charge in [0.2, 0.25) is 5.43 Å². The molecular formula is C16H14N4O3S. The second kappa shape index (κ2) is 5.81. The van der Waals surface area contributed by atoms with E-state index in [0.29, 0.717) is 29.4 Å². The van der Waals surface area contributed by atoms with Crippen LogP contribution >= 0.6 is 11.3 Å². The first kappa shape index (κ1) is 15.0. The molecule has 2 N–H and O–H groups in total. The van der Waals surface area contributed by atoms with Crippen LogP contribution in [0.15, 0.2) is 23.1 Å². The lowest BCUT2D eigenvalue weighted by atomic mass is 10.2. The zero-order chi connectivity index (χ0) is 16.7. The number of carbonyl (C=O) groups excluding carboxylic acids is 1. The van der Waals surface area contributed by atoms with Gasteiger partial charge in [0.25, 0.3) is 5.91 Å². The zero-order valence-electron chi connectivity index (χ0n) is 12.9. The van der Waals surface area contributed by atoms with Crippen LogP contribution < -0.4 is 10.7 Å². The molecule has 4 heterocycles. The Labute approximate surface area is 140 Å². The number of nitrogens with one attached hydrogen (secondary N) is 2. The van der Waals surface area contributed by atoms with Gasteiger partial charge in [0.15, 0.2) is 5.13 Å². The minimum atomic E-state index is -0.481. The van der Waals surface area contributed by atoms with Crippen molar-refractivity contribution in [2.45, 2.75) is 20.0 Å². The van der Waals surface area contributed by atoms with Crippen LogP contribution in [-0.2, 0) is 17.8 Å². The van der Waals surface area contributed by atoms with Gasteiger partial charge in [0.1, 0.15) is 11.2 Å². The summed E-state index contributed by atoms with van der Waals surface area (Å²) in [4.78, 5) is 37.5. The number of pyridine rings is 2. The minimum Gasteiger partial charge on any atom is -0.375 e. The number of thiazole rings is 1. The molecule has 0 saturated heterocycles. The van der Waals surface area contributed by atoms with Gasteiger partial charge in [-0.05, 0) is 19.1 Å². The molecule has 1 aliphatic rings. The van der Waals surface area contributed by atoms with Crippen molar-refractivity contribution in [3.05, 3.63) is 50.4 Å². The standard InChI is InChI=1S/C16H14N4O3S/c1-8-2-3-9-13(21)10(6-17-14(9)18-8)15(22)20-16-19-11-4-5-23-7-12(11)24-16/h2-3,6H,4-5,7H2,1H3,(H,17,18,21)(H,19,20,22). The maximum absolute atomic E-state index is 12.5. The normalized spacial score (nSPS) is 13.7. The second-order valence-corrected chi connectivity index (χ2v) is 6.61. The van der Waals surface area contributed by atoms with Gasteiger partial charge in [-0.25, -0.2) is 9.97 Å². The zero-order valence-corrected chi connectivity index (χ0v) is 13.7. The quantitative estimate of drug-likeness (QED) is 0.742. The summed E-state index contributed by atoms with van der Waals surface area (Å²) in [6, 6.07) is 3.42. The number of aryl methyl sites for hydroxylation is 1. The van der Waals surface area contributed by atoms with Gasteiger partial charge in [0.05, 0.1) is 29.2 Å². The molecule has 1 amide bonds. The van der Waals surface area contributed by atoms with E-state index in [1.165, 1.54) is 17.5 Å². The highest BCUT2D eigenvalue weighted by Crippen LogP contribution is 2.27. The Bertz CT molecular complexity index is 985. The van der Waals surface area contributed by atoms with Crippen LogP contribution in [0, 0.1) is 6.92 Å². The number of hydrogen-bond acceptors (Lipinski definition) is 6. The minimum absolute atomic E-state index is 0.0394. The monoisotopic (exact) mass is 342 g/mol. The summed E-state index contributed by atoms with van der Waals surface area (Å²) in [7, 11) is 0. The molecule has 8 heteroatoms. The third kappa shape index (κ3) is 2.59. The van der Waals surface area contributed by atoms with E-state index in [-0.39, 0.29) is 11.0 Å². The summed E-state index contributed by atoms with van der Waals surface area (Å²) in [5.41, 5.74) is 1.91. The van der Waals surface area contributed by atoms with E-state index >= 15 is 0 Å². The number of ether oxygens (including phenoxy) is 1. The highest BCUT2D eigenvalue weighted by molar-refractivity contribution is 7.15. The molecule has 0 aromatic carbocycles. The molecule has 1 aliphatic heterocycles. The number of fused-ring (bicyclic) bond motifs is 2. The number of H-pyrrole nitrogens is 1. The van der Waals surface area contributed by atoms with Crippen molar-refractivity contribution in [1.29, 1.82) is 0 Å². The van der Waals surface area contributed by atoms with Gasteiger partial charge in [-0.2, -0.15) is 0 Å². The first-order chi connectivity index (χ1) is 11.6. The van der Waals surface area contributed by atoms with Gasteiger partial charge >= 0.3 is 0 Å². The smallest absolute Gasteiger partial charge is 0.262 e. The van der Waals surface area contributed by atoms with E-state index in [1.54, 1.807) is 12.1 Å². The number of amides is 1. The van der Waals surface area contributed by atoms with E-state index in [9.17, 15) is 9.59 Å². The number of rotatable bonds is 2. The van der Waals surface area contributed by atoms with Crippen LogP contribution in [0.3, 0.4) is 0 Å². The Morgan fingerprint density at radius 1 is 1.38 bits per heavy atom. The molecule has 0 unspecified atom stereocenters. The number of nitrogens with zero attached hydrogens (tertiary/aromatic N) is 2. The molecule has 0 saturated carbocycles. The number of hydrogen-bond donors (Lipinski definition) is 2. The summed E-state index contributed by atoms with van der Waals surface area (Å²) >= 11 is 1.38. The topological polar surface area (TPSA) is 97.0 Å². The van der Waals surface area contributed by atoms with Crippen molar-refractivity contribution in [2.75, 3.05) is 11.9 Å². The number of carbonyl (C=O) groups is 1. The van der Waals surface area contributed by atoms with Crippen molar-refractivity contribution in [3.8, 4) is 0 Å². The fraction of sp³-hybridized carbons (Fsp3) is 0.250. The van der Waals surface area contributed by atoms with Crippen molar-refractivity contribution in [3.63, 3.8) is 0 Å².